The lowest BCUT2D eigenvalue weighted by molar-refractivity contribution is -0.139. The summed E-state index contributed by atoms with van der Waals surface area (Å²) in [7, 11) is 0. The third kappa shape index (κ3) is 4.45. The molecule has 1 aromatic carbocycles. The van der Waals surface area contributed by atoms with Gasteiger partial charge in [0.2, 0.25) is 5.91 Å². The maximum Gasteiger partial charge on any atom is 0.222 e. The molecule has 1 aromatic rings. The van der Waals surface area contributed by atoms with Crippen molar-refractivity contribution in [2.24, 2.45) is 5.92 Å². The van der Waals surface area contributed by atoms with Crippen LogP contribution in [0.5, 0.6) is 5.75 Å². The molecule has 0 saturated carbocycles. The smallest absolute Gasteiger partial charge is 0.222 e. The zero-order chi connectivity index (χ0) is 16.1. The average Bonchev–Trinajstić information content (AvgIpc) is 2.61. The van der Waals surface area contributed by atoms with Gasteiger partial charge in [0.25, 0.3) is 0 Å². The largest absolute Gasteiger partial charge is 0.508 e. The monoisotopic (exact) mass is 319 g/mol. The van der Waals surface area contributed by atoms with Crippen molar-refractivity contribution < 1.29 is 19.4 Å². The Kier molecular flexibility index (Phi) is 5.51. The maximum atomic E-state index is 12.5. The highest BCUT2D eigenvalue weighted by Gasteiger charge is 2.26. The van der Waals surface area contributed by atoms with Crippen molar-refractivity contribution in [2.45, 2.75) is 31.8 Å². The van der Waals surface area contributed by atoms with Gasteiger partial charge in [0.05, 0.1) is 13.2 Å². The number of phenols is 1. The SMILES string of the molecule is O=C(CCC1CCOCC1)N1CCOC(c2cccc(O)c2)C1. The van der Waals surface area contributed by atoms with Gasteiger partial charge in [-0.15, -0.1) is 0 Å². The molecule has 2 fully saturated rings. The number of carbonyl (C=O) groups is 1. The third-order valence-corrected chi connectivity index (χ3v) is 4.77. The first kappa shape index (κ1) is 16.3. The Labute approximate surface area is 137 Å². The van der Waals surface area contributed by atoms with E-state index < -0.39 is 0 Å². The first-order valence-electron chi connectivity index (χ1n) is 8.48. The van der Waals surface area contributed by atoms with Gasteiger partial charge in [-0.05, 0) is 42.9 Å². The summed E-state index contributed by atoms with van der Waals surface area (Å²) >= 11 is 0. The van der Waals surface area contributed by atoms with Crippen molar-refractivity contribution in [1.29, 1.82) is 0 Å². The number of phenolic OH excluding ortho intramolecular Hbond substituents is 1. The fourth-order valence-corrected chi connectivity index (χ4v) is 3.32. The number of benzene rings is 1. The van der Waals surface area contributed by atoms with Crippen molar-refractivity contribution >= 4 is 5.91 Å². The summed E-state index contributed by atoms with van der Waals surface area (Å²) in [6, 6.07) is 7.09. The van der Waals surface area contributed by atoms with Crippen molar-refractivity contribution in [3.8, 4) is 5.75 Å². The molecule has 3 rings (SSSR count). The average molecular weight is 319 g/mol. The quantitative estimate of drug-likeness (QED) is 0.926. The van der Waals surface area contributed by atoms with E-state index in [-0.39, 0.29) is 17.8 Å². The molecule has 126 valence electrons. The number of rotatable bonds is 4. The molecule has 2 heterocycles. The second-order valence-electron chi connectivity index (χ2n) is 6.39. The Morgan fingerprint density at radius 3 is 2.87 bits per heavy atom. The Bertz CT molecular complexity index is 528. The van der Waals surface area contributed by atoms with E-state index in [0.29, 0.717) is 32.0 Å². The molecule has 0 bridgehead atoms. The molecule has 1 N–H and O–H groups in total. The van der Waals surface area contributed by atoms with Gasteiger partial charge >= 0.3 is 0 Å². The number of aromatic hydroxyl groups is 1. The molecule has 2 saturated heterocycles. The summed E-state index contributed by atoms with van der Waals surface area (Å²) in [6.07, 6.45) is 3.56. The highest BCUT2D eigenvalue weighted by Crippen LogP contribution is 2.26. The Morgan fingerprint density at radius 1 is 1.26 bits per heavy atom. The van der Waals surface area contributed by atoms with Crippen LogP contribution in [0.15, 0.2) is 24.3 Å². The molecule has 5 heteroatoms. The van der Waals surface area contributed by atoms with E-state index in [4.69, 9.17) is 9.47 Å². The number of carbonyl (C=O) groups excluding carboxylic acids is 1. The van der Waals surface area contributed by atoms with Crippen LogP contribution in [0, 0.1) is 5.92 Å². The lowest BCUT2D eigenvalue weighted by Crippen LogP contribution is -2.42. The molecule has 1 amide bonds. The van der Waals surface area contributed by atoms with Gasteiger partial charge in [-0.25, -0.2) is 0 Å². The Balaban J connectivity index is 1.52. The van der Waals surface area contributed by atoms with Crippen LogP contribution in [0.2, 0.25) is 0 Å². The molecular weight excluding hydrogens is 294 g/mol. The molecule has 0 aromatic heterocycles. The molecule has 1 unspecified atom stereocenters. The number of morpholine rings is 1. The van der Waals surface area contributed by atoms with E-state index in [9.17, 15) is 9.90 Å². The summed E-state index contributed by atoms with van der Waals surface area (Å²) in [5.41, 5.74) is 0.923. The summed E-state index contributed by atoms with van der Waals surface area (Å²) in [6.45, 7) is 3.42. The molecule has 23 heavy (non-hydrogen) atoms. The molecular formula is C18H25NO4. The number of hydrogen-bond donors (Lipinski definition) is 1. The number of amides is 1. The van der Waals surface area contributed by atoms with Crippen LogP contribution in [0.1, 0.15) is 37.4 Å². The zero-order valence-corrected chi connectivity index (χ0v) is 13.4. The fourth-order valence-electron chi connectivity index (χ4n) is 3.32. The molecule has 2 aliphatic heterocycles. The third-order valence-electron chi connectivity index (χ3n) is 4.77. The Morgan fingerprint density at radius 2 is 2.09 bits per heavy atom. The van der Waals surface area contributed by atoms with Gasteiger partial charge in [0.15, 0.2) is 0 Å². The van der Waals surface area contributed by atoms with Gasteiger partial charge in [-0.3, -0.25) is 4.79 Å². The van der Waals surface area contributed by atoms with Crippen LogP contribution in [0.3, 0.4) is 0 Å². The van der Waals surface area contributed by atoms with Gasteiger partial charge < -0.3 is 19.5 Å². The van der Waals surface area contributed by atoms with Crippen molar-refractivity contribution in [3.63, 3.8) is 0 Å². The van der Waals surface area contributed by atoms with Crippen LogP contribution in [-0.2, 0) is 14.3 Å². The lowest BCUT2D eigenvalue weighted by Gasteiger charge is -2.33. The van der Waals surface area contributed by atoms with E-state index in [0.717, 1.165) is 38.0 Å². The van der Waals surface area contributed by atoms with E-state index in [1.807, 2.05) is 11.0 Å². The summed E-state index contributed by atoms with van der Waals surface area (Å²) in [5.74, 6) is 1.06. The van der Waals surface area contributed by atoms with Crippen molar-refractivity contribution in [1.82, 2.24) is 4.90 Å². The maximum absolute atomic E-state index is 12.5. The molecule has 0 aliphatic carbocycles. The highest BCUT2D eigenvalue weighted by molar-refractivity contribution is 5.76. The molecule has 0 radical (unpaired) electrons. The fraction of sp³-hybridized carbons (Fsp3) is 0.611. The van der Waals surface area contributed by atoms with E-state index in [1.54, 1.807) is 18.2 Å². The first-order chi connectivity index (χ1) is 11.2. The summed E-state index contributed by atoms with van der Waals surface area (Å²) in [5, 5.41) is 9.60. The molecule has 0 spiro atoms. The number of nitrogens with zero attached hydrogens (tertiary/aromatic N) is 1. The standard InChI is InChI=1S/C18H25NO4/c20-16-3-1-2-15(12-16)17-13-19(8-11-23-17)18(21)5-4-14-6-9-22-10-7-14/h1-3,12,14,17,20H,4-11,13H2. The Hall–Kier alpha value is -1.59. The summed E-state index contributed by atoms with van der Waals surface area (Å²) < 4.78 is 11.1. The number of hydrogen-bond acceptors (Lipinski definition) is 4. The van der Waals surface area contributed by atoms with Crippen LogP contribution in [0.25, 0.3) is 0 Å². The zero-order valence-electron chi connectivity index (χ0n) is 13.4. The number of ether oxygens (including phenoxy) is 2. The highest BCUT2D eigenvalue weighted by atomic mass is 16.5. The summed E-state index contributed by atoms with van der Waals surface area (Å²) in [4.78, 5) is 14.4. The predicted molar refractivity (Wildman–Crippen MR) is 86.2 cm³/mol. The second kappa shape index (κ2) is 7.79. The van der Waals surface area contributed by atoms with E-state index in [1.165, 1.54) is 0 Å². The van der Waals surface area contributed by atoms with Crippen LogP contribution in [-0.4, -0.2) is 48.8 Å². The second-order valence-corrected chi connectivity index (χ2v) is 6.39. The lowest BCUT2D eigenvalue weighted by atomic mass is 9.94. The molecule has 1 atom stereocenters. The topological polar surface area (TPSA) is 59.0 Å². The van der Waals surface area contributed by atoms with Gasteiger partial charge in [-0.1, -0.05) is 12.1 Å². The van der Waals surface area contributed by atoms with Gasteiger partial charge in [-0.2, -0.15) is 0 Å². The minimum atomic E-state index is -0.150. The van der Waals surface area contributed by atoms with Gasteiger partial charge in [0, 0.05) is 26.2 Å². The minimum Gasteiger partial charge on any atom is -0.508 e. The van der Waals surface area contributed by atoms with E-state index in [2.05, 4.69) is 0 Å². The van der Waals surface area contributed by atoms with Crippen molar-refractivity contribution in [2.75, 3.05) is 32.9 Å². The molecule has 5 nitrogen and oxygen atoms in total. The van der Waals surface area contributed by atoms with E-state index >= 15 is 0 Å². The predicted octanol–water partition coefficient (Wildman–Crippen LogP) is 2.50. The normalized spacial score (nSPS) is 23.0. The molecule has 2 aliphatic rings. The van der Waals surface area contributed by atoms with Crippen LogP contribution >= 0.6 is 0 Å². The van der Waals surface area contributed by atoms with Crippen LogP contribution in [0.4, 0.5) is 0 Å². The van der Waals surface area contributed by atoms with Gasteiger partial charge in [0.1, 0.15) is 11.9 Å². The first-order valence-corrected chi connectivity index (χ1v) is 8.48. The van der Waals surface area contributed by atoms with Crippen molar-refractivity contribution in [3.05, 3.63) is 29.8 Å². The minimum absolute atomic E-state index is 0.150. The van der Waals surface area contributed by atoms with Crippen LogP contribution < -0.4 is 0 Å².